The molecule has 1 amide bonds. The first-order chi connectivity index (χ1) is 11.0. The molecular weight excluding hydrogens is 318 g/mol. The van der Waals surface area contributed by atoms with E-state index in [0.717, 1.165) is 0 Å². The molecule has 126 valence electrons. The average molecular weight is 339 g/mol. The van der Waals surface area contributed by atoms with Gasteiger partial charge in [-0.2, -0.15) is 0 Å². The number of ether oxygens (including phenoxy) is 1. The lowest BCUT2D eigenvalue weighted by atomic mass is 10.1. The standard InChI is InChI=1S/C15H21N3O4S/c1-11-14(16-6-8-22-11)15(19)17-12-4-2-5-13(10-12)18-7-3-9-23(18,20)21/h2,4-5,10-11,14,16H,3,6-9H2,1H3,(H,17,19)/t11-,14+/m1/s1. The molecule has 1 aromatic rings. The number of carbonyl (C=O) groups excluding carboxylic acids is 1. The summed E-state index contributed by atoms with van der Waals surface area (Å²) in [6, 6.07) is 6.51. The Morgan fingerprint density at radius 3 is 2.96 bits per heavy atom. The Morgan fingerprint density at radius 2 is 2.26 bits per heavy atom. The van der Waals surface area contributed by atoms with E-state index in [0.29, 0.717) is 37.5 Å². The fourth-order valence-electron chi connectivity index (χ4n) is 2.92. The van der Waals surface area contributed by atoms with Gasteiger partial charge in [0.15, 0.2) is 0 Å². The number of morpholine rings is 1. The Balaban J connectivity index is 1.74. The molecule has 0 saturated carbocycles. The number of rotatable bonds is 3. The zero-order chi connectivity index (χ0) is 16.4. The first-order valence-electron chi connectivity index (χ1n) is 7.74. The number of sulfonamides is 1. The normalized spacial score (nSPS) is 26.9. The van der Waals surface area contributed by atoms with Crippen molar-refractivity contribution in [2.45, 2.75) is 25.5 Å². The van der Waals surface area contributed by atoms with Crippen LogP contribution < -0.4 is 14.9 Å². The summed E-state index contributed by atoms with van der Waals surface area (Å²) in [7, 11) is -3.23. The number of hydrogen-bond acceptors (Lipinski definition) is 5. The second-order valence-corrected chi connectivity index (χ2v) is 7.80. The third-order valence-corrected chi connectivity index (χ3v) is 5.97. The minimum Gasteiger partial charge on any atom is -0.375 e. The van der Waals surface area contributed by atoms with E-state index in [4.69, 9.17) is 4.74 Å². The Labute approximate surface area is 136 Å². The molecule has 2 atom stereocenters. The maximum absolute atomic E-state index is 12.4. The van der Waals surface area contributed by atoms with Crippen molar-refractivity contribution in [2.75, 3.05) is 35.1 Å². The van der Waals surface area contributed by atoms with Gasteiger partial charge < -0.3 is 15.4 Å². The number of hydrogen-bond donors (Lipinski definition) is 2. The number of amides is 1. The molecule has 2 N–H and O–H groups in total. The summed E-state index contributed by atoms with van der Waals surface area (Å²) in [5.41, 5.74) is 1.16. The van der Waals surface area contributed by atoms with Crippen molar-refractivity contribution in [3.63, 3.8) is 0 Å². The number of nitrogens with zero attached hydrogens (tertiary/aromatic N) is 1. The van der Waals surface area contributed by atoms with Crippen LogP contribution in [0.3, 0.4) is 0 Å². The van der Waals surface area contributed by atoms with Gasteiger partial charge in [0.1, 0.15) is 6.04 Å². The molecule has 0 aromatic heterocycles. The number of nitrogens with one attached hydrogen (secondary N) is 2. The molecule has 0 aliphatic carbocycles. The number of anilines is 2. The monoisotopic (exact) mass is 339 g/mol. The van der Waals surface area contributed by atoms with Gasteiger partial charge in [-0.15, -0.1) is 0 Å². The van der Waals surface area contributed by atoms with Gasteiger partial charge in [-0.25, -0.2) is 8.42 Å². The second-order valence-electron chi connectivity index (χ2n) is 5.79. The van der Waals surface area contributed by atoms with Gasteiger partial charge in [-0.05, 0) is 31.5 Å². The van der Waals surface area contributed by atoms with Crippen LogP contribution in [0.4, 0.5) is 11.4 Å². The SMILES string of the molecule is C[C@H]1OCCN[C@@H]1C(=O)Nc1cccc(N2CCCS2(=O)=O)c1. The molecule has 7 nitrogen and oxygen atoms in total. The molecule has 8 heteroatoms. The molecule has 2 aliphatic rings. The first kappa shape index (κ1) is 16.2. The molecule has 0 spiro atoms. The van der Waals surface area contributed by atoms with E-state index in [9.17, 15) is 13.2 Å². The largest absolute Gasteiger partial charge is 0.375 e. The van der Waals surface area contributed by atoms with Crippen LogP contribution >= 0.6 is 0 Å². The number of benzene rings is 1. The second kappa shape index (κ2) is 6.46. The lowest BCUT2D eigenvalue weighted by Crippen LogP contribution is -2.53. The zero-order valence-electron chi connectivity index (χ0n) is 13.0. The highest BCUT2D eigenvalue weighted by Gasteiger charge is 2.30. The van der Waals surface area contributed by atoms with E-state index >= 15 is 0 Å². The third kappa shape index (κ3) is 3.49. The molecule has 0 unspecified atom stereocenters. The van der Waals surface area contributed by atoms with Crippen LogP contribution in [-0.4, -0.2) is 51.9 Å². The van der Waals surface area contributed by atoms with Gasteiger partial charge in [0.25, 0.3) is 0 Å². The molecule has 3 rings (SSSR count). The Hall–Kier alpha value is -1.64. The highest BCUT2D eigenvalue weighted by Crippen LogP contribution is 2.26. The average Bonchev–Trinajstić information content (AvgIpc) is 2.87. The van der Waals surface area contributed by atoms with Crippen LogP contribution in [0.25, 0.3) is 0 Å². The quantitative estimate of drug-likeness (QED) is 0.839. The molecule has 2 saturated heterocycles. The van der Waals surface area contributed by atoms with E-state index in [1.54, 1.807) is 24.3 Å². The van der Waals surface area contributed by atoms with E-state index in [1.165, 1.54) is 4.31 Å². The number of carbonyl (C=O) groups is 1. The fraction of sp³-hybridized carbons (Fsp3) is 0.533. The minimum absolute atomic E-state index is 0.171. The Bertz CT molecular complexity index is 692. The van der Waals surface area contributed by atoms with Gasteiger partial charge in [0.05, 0.1) is 24.2 Å². The van der Waals surface area contributed by atoms with E-state index in [2.05, 4.69) is 10.6 Å². The van der Waals surface area contributed by atoms with Crippen LogP contribution in [-0.2, 0) is 19.6 Å². The summed E-state index contributed by atoms with van der Waals surface area (Å²) < 4.78 is 30.9. The first-order valence-corrected chi connectivity index (χ1v) is 9.35. The van der Waals surface area contributed by atoms with Crippen molar-refractivity contribution in [2.24, 2.45) is 0 Å². The van der Waals surface area contributed by atoms with Crippen molar-refractivity contribution in [1.29, 1.82) is 0 Å². The van der Waals surface area contributed by atoms with Crippen LogP contribution in [0.1, 0.15) is 13.3 Å². The van der Waals surface area contributed by atoms with Gasteiger partial charge >= 0.3 is 0 Å². The lowest BCUT2D eigenvalue weighted by Gasteiger charge is -2.29. The summed E-state index contributed by atoms with van der Waals surface area (Å²) in [6.45, 7) is 3.56. The highest BCUT2D eigenvalue weighted by molar-refractivity contribution is 7.93. The predicted molar refractivity (Wildman–Crippen MR) is 88.0 cm³/mol. The summed E-state index contributed by atoms with van der Waals surface area (Å²) >= 11 is 0. The highest BCUT2D eigenvalue weighted by atomic mass is 32.2. The van der Waals surface area contributed by atoms with Crippen molar-refractivity contribution >= 4 is 27.3 Å². The molecule has 2 heterocycles. The smallest absolute Gasteiger partial charge is 0.244 e. The van der Waals surface area contributed by atoms with Crippen LogP contribution in [0.2, 0.25) is 0 Å². The van der Waals surface area contributed by atoms with Crippen LogP contribution in [0, 0.1) is 0 Å². The van der Waals surface area contributed by atoms with Crippen molar-refractivity contribution in [3.05, 3.63) is 24.3 Å². The molecular formula is C15H21N3O4S. The van der Waals surface area contributed by atoms with Crippen molar-refractivity contribution in [1.82, 2.24) is 5.32 Å². The van der Waals surface area contributed by atoms with Gasteiger partial charge in [0.2, 0.25) is 15.9 Å². The molecule has 2 fully saturated rings. The Morgan fingerprint density at radius 1 is 1.43 bits per heavy atom. The van der Waals surface area contributed by atoms with Gasteiger partial charge in [-0.1, -0.05) is 6.07 Å². The van der Waals surface area contributed by atoms with Gasteiger partial charge in [-0.3, -0.25) is 9.10 Å². The minimum atomic E-state index is -3.23. The van der Waals surface area contributed by atoms with Crippen molar-refractivity contribution in [3.8, 4) is 0 Å². The molecule has 0 bridgehead atoms. The van der Waals surface area contributed by atoms with E-state index in [-0.39, 0.29) is 17.8 Å². The molecule has 23 heavy (non-hydrogen) atoms. The summed E-state index contributed by atoms with van der Waals surface area (Å²) in [6.07, 6.45) is 0.422. The fourth-order valence-corrected chi connectivity index (χ4v) is 4.47. The summed E-state index contributed by atoms with van der Waals surface area (Å²) in [4.78, 5) is 12.4. The molecule has 1 aromatic carbocycles. The third-order valence-electron chi connectivity index (χ3n) is 4.10. The molecule has 0 radical (unpaired) electrons. The lowest BCUT2D eigenvalue weighted by molar-refractivity contribution is -0.123. The van der Waals surface area contributed by atoms with Crippen molar-refractivity contribution < 1.29 is 17.9 Å². The predicted octanol–water partition coefficient (Wildman–Crippen LogP) is 0.542. The van der Waals surface area contributed by atoms with E-state index < -0.39 is 16.1 Å². The van der Waals surface area contributed by atoms with E-state index in [1.807, 2.05) is 6.92 Å². The Kier molecular flexibility index (Phi) is 4.56. The maximum Gasteiger partial charge on any atom is 0.244 e. The van der Waals surface area contributed by atoms with Crippen LogP contribution in [0.15, 0.2) is 24.3 Å². The van der Waals surface area contributed by atoms with Gasteiger partial charge in [0, 0.05) is 18.8 Å². The summed E-state index contributed by atoms with van der Waals surface area (Å²) in [5.74, 6) is -0.0108. The topological polar surface area (TPSA) is 87.7 Å². The molecule has 2 aliphatic heterocycles. The summed E-state index contributed by atoms with van der Waals surface area (Å²) in [5, 5.41) is 5.96. The maximum atomic E-state index is 12.4. The zero-order valence-corrected chi connectivity index (χ0v) is 13.8. The van der Waals surface area contributed by atoms with Crippen LogP contribution in [0.5, 0.6) is 0 Å².